The first-order valence-electron chi connectivity index (χ1n) is 7.30. The molecule has 0 saturated heterocycles. The number of nitrogens with zero attached hydrogens (tertiary/aromatic N) is 1. The molecule has 2 nitrogen and oxygen atoms in total. The average Bonchev–Trinajstić information content (AvgIpc) is 2.79. The molecule has 2 heteroatoms. The zero-order valence-corrected chi connectivity index (χ0v) is 12.6. The second-order valence-electron chi connectivity index (χ2n) is 5.64. The Balaban J connectivity index is 2.28. The maximum atomic E-state index is 12.9. The largest absolute Gasteiger partial charge is 0.342 e. The summed E-state index contributed by atoms with van der Waals surface area (Å²) in [7, 11) is 0. The van der Waals surface area contributed by atoms with Gasteiger partial charge < -0.3 is 4.57 Å². The zero-order valence-electron chi connectivity index (χ0n) is 12.6. The topological polar surface area (TPSA) is 22.0 Å². The maximum Gasteiger partial charge on any atom is 0.195 e. The molecule has 0 aliphatic carbocycles. The number of hydrogen-bond donors (Lipinski definition) is 0. The van der Waals surface area contributed by atoms with Crippen LogP contribution in [0.4, 0.5) is 0 Å². The Morgan fingerprint density at radius 2 is 1.57 bits per heavy atom. The molecule has 3 rings (SSSR count). The van der Waals surface area contributed by atoms with E-state index in [0.29, 0.717) is 6.04 Å². The summed E-state index contributed by atoms with van der Waals surface area (Å²) < 4.78 is 2.24. The summed E-state index contributed by atoms with van der Waals surface area (Å²) in [6.45, 7) is 6.34. The van der Waals surface area contributed by atoms with Crippen molar-refractivity contribution in [2.75, 3.05) is 0 Å². The molecule has 0 fully saturated rings. The van der Waals surface area contributed by atoms with Crippen molar-refractivity contribution in [1.29, 1.82) is 0 Å². The first-order valence-corrected chi connectivity index (χ1v) is 7.30. The number of carbonyl (C=O) groups excluding carboxylic acids is 1. The van der Waals surface area contributed by atoms with E-state index in [-0.39, 0.29) is 5.78 Å². The molecule has 0 aliphatic rings. The molecule has 2 aromatic carbocycles. The van der Waals surface area contributed by atoms with E-state index in [2.05, 4.69) is 24.5 Å². The van der Waals surface area contributed by atoms with Gasteiger partial charge in [0.1, 0.15) is 0 Å². The van der Waals surface area contributed by atoms with Gasteiger partial charge >= 0.3 is 0 Å². The lowest BCUT2D eigenvalue weighted by Crippen LogP contribution is -2.06. The zero-order chi connectivity index (χ0) is 15.0. The molecule has 0 saturated carbocycles. The smallest absolute Gasteiger partial charge is 0.195 e. The predicted octanol–water partition coefficient (Wildman–Crippen LogP) is 4.76. The van der Waals surface area contributed by atoms with Crippen molar-refractivity contribution in [1.82, 2.24) is 4.57 Å². The van der Waals surface area contributed by atoms with E-state index in [9.17, 15) is 4.79 Å². The Morgan fingerprint density at radius 1 is 0.952 bits per heavy atom. The highest BCUT2D eigenvalue weighted by atomic mass is 16.1. The third kappa shape index (κ3) is 2.17. The summed E-state index contributed by atoms with van der Waals surface area (Å²) in [4.78, 5) is 12.9. The SMILES string of the molecule is Cc1c(C(=O)c2ccccc2)c2ccccc2n1C(C)C. The fraction of sp³-hybridized carbons (Fsp3) is 0.211. The van der Waals surface area contributed by atoms with E-state index in [1.165, 1.54) is 0 Å². The Hall–Kier alpha value is -2.35. The third-order valence-corrected chi connectivity index (χ3v) is 3.94. The molecule has 0 radical (unpaired) electrons. The number of para-hydroxylation sites is 1. The van der Waals surface area contributed by atoms with Crippen LogP contribution in [0.5, 0.6) is 0 Å². The standard InChI is InChI=1S/C19H19NO/c1-13(2)20-14(3)18(16-11-7-8-12-17(16)20)19(21)15-9-5-4-6-10-15/h4-13H,1-3H3. The number of ketones is 1. The van der Waals surface area contributed by atoms with Crippen LogP contribution in [0.2, 0.25) is 0 Å². The second-order valence-corrected chi connectivity index (χ2v) is 5.64. The number of hydrogen-bond acceptors (Lipinski definition) is 1. The molecule has 0 spiro atoms. The van der Waals surface area contributed by atoms with E-state index in [1.807, 2.05) is 55.5 Å². The molecule has 106 valence electrons. The van der Waals surface area contributed by atoms with Gasteiger partial charge in [0.05, 0.1) is 5.56 Å². The van der Waals surface area contributed by atoms with Crippen LogP contribution in [-0.4, -0.2) is 10.4 Å². The van der Waals surface area contributed by atoms with Gasteiger partial charge in [0.15, 0.2) is 5.78 Å². The molecule has 1 aromatic heterocycles. The summed E-state index contributed by atoms with van der Waals surface area (Å²) in [5.74, 6) is 0.101. The van der Waals surface area contributed by atoms with Crippen molar-refractivity contribution >= 4 is 16.7 Å². The number of fused-ring (bicyclic) bond motifs is 1. The molecule has 0 bridgehead atoms. The molecule has 0 amide bonds. The van der Waals surface area contributed by atoms with Gasteiger partial charge in [-0.3, -0.25) is 4.79 Å². The molecular weight excluding hydrogens is 258 g/mol. The van der Waals surface area contributed by atoms with Crippen molar-refractivity contribution in [3.8, 4) is 0 Å². The van der Waals surface area contributed by atoms with E-state index in [0.717, 1.165) is 27.7 Å². The van der Waals surface area contributed by atoms with Crippen molar-refractivity contribution in [3.63, 3.8) is 0 Å². The Labute approximate surface area is 125 Å². The van der Waals surface area contributed by atoms with Gasteiger partial charge in [-0.25, -0.2) is 0 Å². The lowest BCUT2D eigenvalue weighted by atomic mass is 10.0. The van der Waals surface area contributed by atoms with Crippen LogP contribution < -0.4 is 0 Å². The second kappa shape index (κ2) is 5.21. The monoisotopic (exact) mass is 277 g/mol. The minimum Gasteiger partial charge on any atom is -0.342 e. The molecule has 3 aromatic rings. The molecule has 0 atom stereocenters. The number of benzene rings is 2. The van der Waals surface area contributed by atoms with Gasteiger partial charge in [-0.05, 0) is 26.8 Å². The molecule has 1 heterocycles. The Kier molecular flexibility index (Phi) is 3.38. The van der Waals surface area contributed by atoms with Crippen LogP contribution in [0.25, 0.3) is 10.9 Å². The number of carbonyl (C=O) groups is 1. The maximum absolute atomic E-state index is 12.9. The van der Waals surface area contributed by atoms with Crippen molar-refractivity contribution in [3.05, 3.63) is 71.4 Å². The van der Waals surface area contributed by atoms with Crippen LogP contribution in [0.1, 0.15) is 41.5 Å². The van der Waals surface area contributed by atoms with E-state index in [1.54, 1.807) is 0 Å². The van der Waals surface area contributed by atoms with Crippen molar-refractivity contribution < 1.29 is 4.79 Å². The summed E-state index contributed by atoms with van der Waals surface area (Å²) in [5, 5.41) is 1.04. The summed E-state index contributed by atoms with van der Waals surface area (Å²) in [6, 6.07) is 18.0. The van der Waals surface area contributed by atoms with Crippen molar-refractivity contribution in [2.24, 2.45) is 0 Å². The van der Waals surface area contributed by atoms with Gasteiger partial charge in [-0.1, -0.05) is 48.5 Å². The molecular formula is C19H19NO. The minimum absolute atomic E-state index is 0.101. The number of rotatable bonds is 3. The van der Waals surface area contributed by atoms with Crippen LogP contribution in [-0.2, 0) is 0 Å². The Bertz CT molecular complexity index is 797. The van der Waals surface area contributed by atoms with E-state index in [4.69, 9.17) is 0 Å². The average molecular weight is 277 g/mol. The van der Waals surface area contributed by atoms with Crippen LogP contribution in [0, 0.1) is 6.92 Å². The summed E-state index contributed by atoms with van der Waals surface area (Å²) in [6.07, 6.45) is 0. The van der Waals surface area contributed by atoms with Crippen molar-refractivity contribution in [2.45, 2.75) is 26.8 Å². The lowest BCUT2D eigenvalue weighted by Gasteiger charge is -2.12. The first kappa shape index (κ1) is 13.6. The van der Waals surface area contributed by atoms with Crippen LogP contribution in [0.15, 0.2) is 54.6 Å². The van der Waals surface area contributed by atoms with Gasteiger partial charge in [0.2, 0.25) is 0 Å². The third-order valence-electron chi connectivity index (χ3n) is 3.94. The molecule has 0 unspecified atom stereocenters. The molecule has 21 heavy (non-hydrogen) atoms. The fourth-order valence-electron chi connectivity index (χ4n) is 3.08. The first-order chi connectivity index (χ1) is 10.1. The van der Waals surface area contributed by atoms with Crippen LogP contribution in [0.3, 0.4) is 0 Å². The van der Waals surface area contributed by atoms with E-state index >= 15 is 0 Å². The lowest BCUT2D eigenvalue weighted by molar-refractivity contribution is 0.103. The molecule has 0 aliphatic heterocycles. The fourth-order valence-corrected chi connectivity index (χ4v) is 3.08. The number of aromatic nitrogens is 1. The normalized spacial score (nSPS) is 11.2. The van der Waals surface area contributed by atoms with Gasteiger partial charge in [-0.2, -0.15) is 0 Å². The summed E-state index contributed by atoms with van der Waals surface area (Å²) >= 11 is 0. The Morgan fingerprint density at radius 3 is 2.24 bits per heavy atom. The van der Waals surface area contributed by atoms with Crippen LogP contribution >= 0.6 is 0 Å². The van der Waals surface area contributed by atoms with Gasteiger partial charge in [-0.15, -0.1) is 0 Å². The predicted molar refractivity (Wildman–Crippen MR) is 86.9 cm³/mol. The highest BCUT2D eigenvalue weighted by Gasteiger charge is 2.21. The highest BCUT2D eigenvalue weighted by Crippen LogP contribution is 2.30. The molecule has 0 N–H and O–H groups in total. The summed E-state index contributed by atoms with van der Waals surface area (Å²) in [5.41, 5.74) is 3.74. The van der Waals surface area contributed by atoms with Gasteiger partial charge in [0.25, 0.3) is 0 Å². The van der Waals surface area contributed by atoms with E-state index < -0.39 is 0 Å². The quantitative estimate of drug-likeness (QED) is 0.632. The minimum atomic E-state index is 0.101. The highest BCUT2D eigenvalue weighted by molar-refractivity contribution is 6.17. The van der Waals surface area contributed by atoms with Gasteiger partial charge in [0, 0.05) is 28.2 Å².